The molecule has 0 saturated carbocycles. The van der Waals surface area contributed by atoms with Crippen LogP contribution in [0.4, 0.5) is 0 Å². The minimum Gasteiger partial charge on any atom is -0.208 e. The molecule has 1 aromatic heterocycles. The van der Waals surface area contributed by atoms with Crippen molar-refractivity contribution in [2.45, 2.75) is 5.41 Å². The van der Waals surface area contributed by atoms with Crippen LogP contribution in [0.3, 0.4) is 0 Å². The van der Waals surface area contributed by atoms with Crippen molar-refractivity contribution >= 4 is 10.8 Å². The lowest BCUT2D eigenvalue weighted by molar-refractivity contribution is 0.769. The molecule has 0 bridgehead atoms. The Bertz CT molecular complexity index is 3220. The van der Waals surface area contributed by atoms with Gasteiger partial charge < -0.3 is 0 Å². The fourth-order valence-electron chi connectivity index (χ4n) is 9.26. The second-order valence-electron chi connectivity index (χ2n) is 15.4. The van der Waals surface area contributed by atoms with Crippen LogP contribution in [0.1, 0.15) is 27.8 Å². The molecule has 284 valence electrons. The number of nitrogens with zero attached hydrogens (tertiary/aromatic N) is 4. The van der Waals surface area contributed by atoms with Gasteiger partial charge in [-0.15, -0.1) is 0 Å². The molecule has 0 aliphatic heterocycles. The van der Waals surface area contributed by atoms with E-state index in [2.05, 4.69) is 140 Å². The van der Waals surface area contributed by atoms with E-state index in [-0.39, 0.29) is 0 Å². The highest BCUT2D eigenvalue weighted by atomic mass is 15.0. The molecule has 61 heavy (non-hydrogen) atoms. The number of aromatic nitrogens is 3. The first-order valence-electron chi connectivity index (χ1n) is 20.5. The van der Waals surface area contributed by atoms with Gasteiger partial charge in [0.2, 0.25) is 0 Å². The molecule has 0 radical (unpaired) electrons. The molecule has 9 aromatic carbocycles. The number of benzene rings is 9. The molecule has 1 heterocycles. The second kappa shape index (κ2) is 14.8. The number of nitriles is 1. The zero-order chi connectivity index (χ0) is 40.8. The normalized spacial score (nSPS) is 14.0. The predicted octanol–water partition coefficient (Wildman–Crippen LogP) is 13.6. The molecule has 0 amide bonds. The van der Waals surface area contributed by atoms with Crippen LogP contribution in [0.5, 0.6) is 0 Å². The summed E-state index contributed by atoms with van der Waals surface area (Å²) < 4.78 is 0. The Morgan fingerprint density at radius 1 is 0.344 bits per heavy atom. The maximum absolute atomic E-state index is 9.52. The SMILES string of the molecule is N#Cc1ccc(-c2cccc(C3(c4ccccc4)c4ccccc4-c4c3cc(-c3ccc(-c5nc(-c6ccccc6)nc(-c6ccccc6)n5)cc3)c3ccccc43)c2)cc1. The van der Waals surface area contributed by atoms with Crippen molar-refractivity contribution in [1.82, 2.24) is 15.0 Å². The van der Waals surface area contributed by atoms with E-state index in [0.717, 1.165) is 38.9 Å². The Morgan fingerprint density at radius 2 is 0.836 bits per heavy atom. The van der Waals surface area contributed by atoms with Crippen LogP contribution < -0.4 is 0 Å². The van der Waals surface area contributed by atoms with Crippen LogP contribution in [-0.2, 0) is 5.41 Å². The van der Waals surface area contributed by atoms with Gasteiger partial charge in [0, 0.05) is 16.7 Å². The van der Waals surface area contributed by atoms with Gasteiger partial charge in [0.1, 0.15) is 0 Å². The summed E-state index contributed by atoms with van der Waals surface area (Å²) >= 11 is 0. The molecule has 1 unspecified atom stereocenters. The van der Waals surface area contributed by atoms with E-state index >= 15 is 0 Å². The van der Waals surface area contributed by atoms with Gasteiger partial charge in [-0.25, -0.2) is 15.0 Å². The van der Waals surface area contributed by atoms with Gasteiger partial charge in [-0.1, -0.05) is 194 Å². The minimum absolute atomic E-state index is 0.624. The standard InChI is InChI=1S/C57H36N4/c58-37-38-27-29-39(30-28-38)44-19-14-22-46(35-44)57(45-20-8-3-9-21-45)51-26-13-12-25-49(51)53-48-24-11-10-23-47(48)50(36-52(53)57)40-31-33-43(34-32-40)56-60-54(41-15-4-1-5-16-41)59-55(61-56)42-17-6-2-7-18-42/h1-36H. The molecule has 0 saturated heterocycles. The van der Waals surface area contributed by atoms with Crippen LogP contribution in [-0.4, -0.2) is 15.0 Å². The molecule has 0 spiro atoms. The highest BCUT2D eigenvalue weighted by molar-refractivity contribution is 6.10. The summed E-state index contributed by atoms with van der Waals surface area (Å²) in [6.45, 7) is 0. The maximum Gasteiger partial charge on any atom is 0.164 e. The molecule has 0 fully saturated rings. The third kappa shape index (κ3) is 6.03. The van der Waals surface area contributed by atoms with Gasteiger partial charge in [0.05, 0.1) is 17.0 Å². The van der Waals surface area contributed by atoms with Gasteiger partial charge in [-0.2, -0.15) is 5.26 Å². The second-order valence-corrected chi connectivity index (χ2v) is 15.4. The van der Waals surface area contributed by atoms with Gasteiger partial charge in [0.25, 0.3) is 0 Å². The summed E-state index contributed by atoms with van der Waals surface area (Å²) in [6.07, 6.45) is 0. The molecule has 1 aliphatic rings. The van der Waals surface area contributed by atoms with E-state index in [1.54, 1.807) is 0 Å². The van der Waals surface area contributed by atoms with Crippen LogP contribution in [0.25, 0.3) is 78.3 Å². The van der Waals surface area contributed by atoms with Crippen molar-refractivity contribution in [3.8, 4) is 73.6 Å². The lowest BCUT2D eigenvalue weighted by atomic mass is 9.67. The minimum atomic E-state index is -0.624. The topological polar surface area (TPSA) is 62.5 Å². The van der Waals surface area contributed by atoms with Crippen molar-refractivity contribution in [2.75, 3.05) is 0 Å². The zero-order valence-electron chi connectivity index (χ0n) is 33.1. The summed E-state index contributed by atoms with van der Waals surface area (Å²) in [5, 5.41) is 11.9. The maximum atomic E-state index is 9.52. The molecule has 11 rings (SSSR count). The summed E-state index contributed by atoms with van der Waals surface area (Å²) in [4.78, 5) is 14.9. The largest absolute Gasteiger partial charge is 0.208 e. The molecular weight excluding hydrogens is 741 g/mol. The number of rotatable bonds is 7. The first-order chi connectivity index (χ1) is 30.2. The number of hydrogen-bond acceptors (Lipinski definition) is 4. The lowest BCUT2D eigenvalue weighted by Crippen LogP contribution is -2.28. The van der Waals surface area contributed by atoms with Gasteiger partial charge in [-0.3, -0.25) is 0 Å². The average molecular weight is 777 g/mol. The van der Waals surface area contributed by atoms with Crippen LogP contribution in [0.15, 0.2) is 218 Å². The van der Waals surface area contributed by atoms with E-state index < -0.39 is 5.41 Å². The number of fused-ring (bicyclic) bond motifs is 5. The third-order valence-corrected chi connectivity index (χ3v) is 12.1. The van der Waals surface area contributed by atoms with Gasteiger partial charge in [-0.05, 0) is 90.7 Å². The quantitative estimate of drug-likeness (QED) is 0.162. The Balaban J connectivity index is 1.11. The van der Waals surface area contributed by atoms with Crippen molar-refractivity contribution in [3.05, 3.63) is 246 Å². The Morgan fingerprint density at radius 3 is 1.48 bits per heavy atom. The summed E-state index contributed by atoms with van der Waals surface area (Å²) in [5.74, 6) is 1.90. The molecular formula is C57H36N4. The highest BCUT2D eigenvalue weighted by Crippen LogP contribution is 2.59. The predicted molar refractivity (Wildman–Crippen MR) is 247 cm³/mol. The van der Waals surface area contributed by atoms with E-state index in [1.165, 1.54) is 44.2 Å². The fraction of sp³-hybridized carbons (Fsp3) is 0.0175. The molecule has 4 heteroatoms. The monoisotopic (exact) mass is 776 g/mol. The van der Waals surface area contributed by atoms with Crippen LogP contribution >= 0.6 is 0 Å². The van der Waals surface area contributed by atoms with Crippen molar-refractivity contribution in [3.63, 3.8) is 0 Å². The van der Waals surface area contributed by atoms with Crippen molar-refractivity contribution < 1.29 is 0 Å². The molecule has 4 nitrogen and oxygen atoms in total. The fourth-order valence-corrected chi connectivity index (χ4v) is 9.26. The highest BCUT2D eigenvalue weighted by Gasteiger charge is 2.47. The van der Waals surface area contributed by atoms with Crippen molar-refractivity contribution in [1.29, 1.82) is 5.26 Å². The van der Waals surface area contributed by atoms with Crippen molar-refractivity contribution in [2.24, 2.45) is 0 Å². The van der Waals surface area contributed by atoms with E-state index in [9.17, 15) is 5.26 Å². The van der Waals surface area contributed by atoms with Gasteiger partial charge >= 0.3 is 0 Å². The Hall–Kier alpha value is -8.26. The van der Waals surface area contributed by atoms with Crippen LogP contribution in [0, 0.1) is 11.3 Å². The Kier molecular flexibility index (Phi) is 8.73. The smallest absolute Gasteiger partial charge is 0.164 e. The molecule has 10 aromatic rings. The first kappa shape index (κ1) is 35.9. The van der Waals surface area contributed by atoms with Crippen LogP contribution in [0.2, 0.25) is 0 Å². The average Bonchev–Trinajstić information content (AvgIpc) is 3.65. The van der Waals surface area contributed by atoms with Gasteiger partial charge in [0.15, 0.2) is 17.5 Å². The number of hydrogen-bond donors (Lipinski definition) is 0. The molecule has 1 aliphatic carbocycles. The first-order valence-corrected chi connectivity index (χ1v) is 20.5. The Labute approximate surface area is 354 Å². The summed E-state index contributed by atoms with van der Waals surface area (Å²) in [5.41, 5.74) is 14.6. The molecule has 1 atom stereocenters. The summed E-state index contributed by atoms with van der Waals surface area (Å²) in [7, 11) is 0. The summed E-state index contributed by atoms with van der Waals surface area (Å²) in [6, 6.07) is 79.0. The van der Waals surface area contributed by atoms with E-state index in [4.69, 9.17) is 15.0 Å². The zero-order valence-corrected chi connectivity index (χ0v) is 33.1. The van der Waals surface area contributed by atoms with E-state index in [1.807, 2.05) is 84.9 Å². The molecule has 0 N–H and O–H groups in total. The van der Waals surface area contributed by atoms with E-state index in [0.29, 0.717) is 23.0 Å². The third-order valence-electron chi connectivity index (χ3n) is 12.1. The lowest BCUT2D eigenvalue weighted by Gasteiger charge is -2.34.